The van der Waals surface area contributed by atoms with Gasteiger partial charge in [-0.25, -0.2) is 4.98 Å². The van der Waals surface area contributed by atoms with Crippen LogP contribution in [0.4, 0.5) is 5.69 Å². The van der Waals surface area contributed by atoms with Crippen LogP contribution in [0.15, 0.2) is 12.3 Å². The van der Waals surface area contributed by atoms with E-state index in [0.717, 1.165) is 25.8 Å². The molecule has 1 aliphatic rings. The lowest BCUT2D eigenvalue weighted by Crippen LogP contribution is -2.38. The molecule has 1 aromatic heterocycles. The van der Waals surface area contributed by atoms with Gasteiger partial charge >= 0.3 is 5.69 Å². The lowest BCUT2D eigenvalue weighted by atomic mass is 10.1. The van der Waals surface area contributed by atoms with Crippen LogP contribution in [-0.4, -0.2) is 29.1 Å². The first-order valence-corrected chi connectivity index (χ1v) is 6.12. The van der Waals surface area contributed by atoms with Crippen LogP contribution >= 0.6 is 0 Å². The summed E-state index contributed by atoms with van der Waals surface area (Å²) in [5.74, 6) is -0.0866. The molecule has 2 rings (SSSR count). The van der Waals surface area contributed by atoms with E-state index in [2.05, 4.69) is 10.3 Å². The Hall–Kier alpha value is -2.20. The van der Waals surface area contributed by atoms with Crippen molar-refractivity contribution in [2.75, 3.05) is 13.2 Å². The van der Waals surface area contributed by atoms with Crippen molar-refractivity contribution in [2.45, 2.75) is 25.3 Å². The third kappa shape index (κ3) is 3.17. The highest BCUT2D eigenvalue weighted by molar-refractivity contribution is 5.54. The Labute approximate surface area is 110 Å². The largest absolute Gasteiger partial charge is 0.471 e. The summed E-state index contributed by atoms with van der Waals surface area (Å²) in [6, 6.07) is 3.27. The molecule has 0 amide bonds. The number of nitrogens with one attached hydrogen (secondary N) is 1. The van der Waals surface area contributed by atoms with Gasteiger partial charge in [0, 0.05) is 12.2 Å². The van der Waals surface area contributed by atoms with Gasteiger partial charge in [0.2, 0.25) is 0 Å². The molecule has 0 bridgehead atoms. The first kappa shape index (κ1) is 13.2. The maximum atomic E-state index is 11.0. The van der Waals surface area contributed by atoms with Gasteiger partial charge in [-0.1, -0.05) is 6.42 Å². The predicted octanol–water partition coefficient (Wildman–Crippen LogP) is 1.38. The number of nitrogens with zero attached hydrogens (tertiary/aromatic N) is 3. The lowest BCUT2D eigenvalue weighted by molar-refractivity contribution is -0.386. The van der Waals surface area contributed by atoms with E-state index < -0.39 is 4.92 Å². The minimum absolute atomic E-state index is 0.0356. The molecule has 1 N–H and O–H groups in total. The molecule has 1 aliphatic heterocycles. The van der Waals surface area contributed by atoms with Crippen molar-refractivity contribution in [3.05, 3.63) is 27.9 Å². The molecule has 0 saturated carbocycles. The Morgan fingerprint density at radius 1 is 1.63 bits per heavy atom. The van der Waals surface area contributed by atoms with Crippen LogP contribution in [0.5, 0.6) is 5.88 Å². The number of rotatable bonds is 4. The summed E-state index contributed by atoms with van der Waals surface area (Å²) in [7, 11) is 0. The zero-order valence-electron chi connectivity index (χ0n) is 10.3. The van der Waals surface area contributed by atoms with Crippen molar-refractivity contribution >= 4 is 5.69 Å². The average Bonchev–Trinajstić information content (AvgIpc) is 2.45. The number of nitro groups is 1. The molecule has 1 fully saturated rings. The highest BCUT2D eigenvalue weighted by atomic mass is 16.6. The highest BCUT2D eigenvalue weighted by Gasteiger charge is 2.24. The summed E-state index contributed by atoms with van der Waals surface area (Å²) in [6.45, 7) is 1.25. The third-order valence-electron chi connectivity index (χ3n) is 3.03. The Kier molecular flexibility index (Phi) is 4.26. The first-order chi connectivity index (χ1) is 9.22. The van der Waals surface area contributed by atoms with Crippen molar-refractivity contribution < 1.29 is 9.66 Å². The first-order valence-electron chi connectivity index (χ1n) is 6.12. The van der Waals surface area contributed by atoms with Crippen molar-refractivity contribution in [1.82, 2.24) is 10.3 Å². The summed E-state index contributed by atoms with van der Waals surface area (Å²) in [5.41, 5.74) is -0.396. The number of nitriles is 1. The van der Waals surface area contributed by atoms with Crippen LogP contribution in [0.2, 0.25) is 0 Å². The van der Waals surface area contributed by atoms with Gasteiger partial charge in [0.05, 0.1) is 4.92 Å². The van der Waals surface area contributed by atoms with Crippen LogP contribution in [0.1, 0.15) is 24.8 Å². The fourth-order valence-corrected chi connectivity index (χ4v) is 2.05. The molecule has 1 aromatic rings. The predicted molar refractivity (Wildman–Crippen MR) is 66.7 cm³/mol. The van der Waals surface area contributed by atoms with Crippen molar-refractivity contribution in [1.29, 1.82) is 5.26 Å². The highest BCUT2D eigenvalue weighted by Crippen LogP contribution is 2.28. The van der Waals surface area contributed by atoms with E-state index in [1.165, 1.54) is 12.3 Å². The van der Waals surface area contributed by atoms with Crippen molar-refractivity contribution in [2.24, 2.45) is 0 Å². The fourth-order valence-electron chi connectivity index (χ4n) is 2.05. The van der Waals surface area contributed by atoms with Crippen LogP contribution in [0, 0.1) is 21.4 Å². The summed E-state index contributed by atoms with van der Waals surface area (Å²) in [4.78, 5) is 14.2. The van der Waals surface area contributed by atoms with E-state index in [-0.39, 0.29) is 23.2 Å². The third-order valence-corrected chi connectivity index (χ3v) is 3.03. The van der Waals surface area contributed by atoms with Gasteiger partial charge in [-0.3, -0.25) is 10.1 Å². The molecular formula is C12H14N4O3. The van der Waals surface area contributed by atoms with Crippen LogP contribution in [0.25, 0.3) is 0 Å². The maximum Gasteiger partial charge on any atom is 0.348 e. The number of aromatic nitrogens is 1. The second-order valence-corrected chi connectivity index (χ2v) is 4.34. The average molecular weight is 262 g/mol. The summed E-state index contributed by atoms with van der Waals surface area (Å²) < 4.78 is 5.41. The van der Waals surface area contributed by atoms with E-state index in [1.54, 1.807) is 6.07 Å². The van der Waals surface area contributed by atoms with Gasteiger partial charge in [0.15, 0.2) is 0 Å². The Morgan fingerprint density at radius 3 is 3.11 bits per heavy atom. The minimum atomic E-state index is -0.630. The van der Waals surface area contributed by atoms with E-state index in [9.17, 15) is 10.1 Å². The van der Waals surface area contributed by atoms with Gasteiger partial charge in [-0.2, -0.15) is 5.26 Å². The molecule has 2 heterocycles. The Bertz CT molecular complexity index is 506. The number of ether oxygens (including phenoxy) is 1. The molecule has 7 nitrogen and oxygen atoms in total. The number of piperidine rings is 1. The van der Waals surface area contributed by atoms with Crippen LogP contribution in [0.3, 0.4) is 0 Å². The molecule has 1 saturated heterocycles. The fraction of sp³-hybridized carbons (Fsp3) is 0.500. The minimum Gasteiger partial charge on any atom is -0.471 e. The molecular weight excluding hydrogens is 248 g/mol. The molecule has 0 aliphatic carbocycles. The van der Waals surface area contributed by atoms with Gasteiger partial charge in [0.25, 0.3) is 5.88 Å². The lowest BCUT2D eigenvalue weighted by Gasteiger charge is -2.23. The van der Waals surface area contributed by atoms with Crippen molar-refractivity contribution in [3.8, 4) is 11.9 Å². The molecule has 19 heavy (non-hydrogen) atoms. The van der Waals surface area contributed by atoms with E-state index >= 15 is 0 Å². The quantitative estimate of drug-likeness (QED) is 0.649. The zero-order valence-corrected chi connectivity index (χ0v) is 10.3. The Morgan fingerprint density at radius 2 is 2.47 bits per heavy atom. The standard InChI is InChI=1S/C12H14N4O3/c13-7-9-4-6-15-12(11(9)16(17)18)19-8-10-3-1-2-5-14-10/h4,6,10,14H,1-3,5,8H2. The molecule has 0 aromatic carbocycles. The molecule has 0 spiro atoms. The topological polar surface area (TPSA) is 101 Å². The van der Waals surface area contributed by atoms with Gasteiger partial charge in [-0.15, -0.1) is 0 Å². The smallest absolute Gasteiger partial charge is 0.348 e. The van der Waals surface area contributed by atoms with Gasteiger partial charge in [-0.05, 0) is 25.5 Å². The normalized spacial score (nSPS) is 18.6. The van der Waals surface area contributed by atoms with Gasteiger partial charge < -0.3 is 10.1 Å². The maximum absolute atomic E-state index is 11.0. The molecule has 100 valence electrons. The second-order valence-electron chi connectivity index (χ2n) is 4.34. The van der Waals surface area contributed by atoms with Crippen LogP contribution in [-0.2, 0) is 0 Å². The zero-order chi connectivity index (χ0) is 13.7. The SMILES string of the molecule is N#Cc1ccnc(OCC2CCCCN2)c1[N+](=O)[O-]. The van der Waals surface area contributed by atoms with E-state index in [1.807, 2.05) is 0 Å². The molecule has 7 heteroatoms. The number of hydrogen-bond donors (Lipinski definition) is 1. The van der Waals surface area contributed by atoms with E-state index in [0.29, 0.717) is 6.61 Å². The molecule has 1 atom stereocenters. The second kappa shape index (κ2) is 6.11. The monoisotopic (exact) mass is 262 g/mol. The van der Waals surface area contributed by atoms with Crippen LogP contribution < -0.4 is 10.1 Å². The molecule has 0 radical (unpaired) electrons. The van der Waals surface area contributed by atoms with Crippen molar-refractivity contribution in [3.63, 3.8) is 0 Å². The van der Waals surface area contributed by atoms with Gasteiger partial charge in [0.1, 0.15) is 18.2 Å². The summed E-state index contributed by atoms with van der Waals surface area (Å²) >= 11 is 0. The molecule has 1 unspecified atom stereocenters. The number of hydrogen-bond acceptors (Lipinski definition) is 6. The summed E-state index contributed by atoms with van der Waals surface area (Å²) in [6.07, 6.45) is 4.58. The van der Waals surface area contributed by atoms with E-state index in [4.69, 9.17) is 10.00 Å². The number of pyridine rings is 1. The Balaban J connectivity index is 2.11. The summed E-state index contributed by atoms with van der Waals surface area (Å²) in [5, 5.41) is 23.1.